The van der Waals surface area contributed by atoms with E-state index in [0.29, 0.717) is 22.3 Å². The molecule has 4 rings (SSSR count). The summed E-state index contributed by atoms with van der Waals surface area (Å²) in [6.45, 7) is 0.417. The second-order valence-electron chi connectivity index (χ2n) is 6.44. The van der Waals surface area contributed by atoms with E-state index < -0.39 is 10.8 Å². The zero-order valence-corrected chi connectivity index (χ0v) is 17.4. The molecular formula is C21H20N4O2S2. The van der Waals surface area contributed by atoms with Gasteiger partial charge in [0, 0.05) is 35.2 Å². The van der Waals surface area contributed by atoms with Crippen molar-refractivity contribution in [2.45, 2.75) is 4.21 Å². The Morgan fingerprint density at radius 3 is 2.45 bits per heavy atom. The summed E-state index contributed by atoms with van der Waals surface area (Å²) < 4.78 is 19.5. The molecule has 0 saturated heterocycles. The standard InChI is InChI=1S/C21H20N4O2S2/c1-27-7-8-29(26)20-19(22)18-16(13-5-3-2-4-6-13)9-14(10-17(18)28-20)15-11-24-21(23)25-12-15/h2-6,9-12H,7-8,22H2,1H3,(H2,23,24,25). The molecule has 4 aromatic rings. The number of nitrogen functional groups attached to an aromatic ring is 2. The molecular weight excluding hydrogens is 404 g/mol. The van der Waals surface area contributed by atoms with Gasteiger partial charge in [-0.15, -0.1) is 11.3 Å². The lowest BCUT2D eigenvalue weighted by Crippen LogP contribution is -2.04. The highest BCUT2D eigenvalue weighted by Crippen LogP contribution is 2.44. The average Bonchev–Trinajstić information content (AvgIpc) is 3.09. The number of methoxy groups -OCH3 is 1. The van der Waals surface area contributed by atoms with Crippen LogP contribution < -0.4 is 11.5 Å². The van der Waals surface area contributed by atoms with Crippen molar-refractivity contribution in [3.05, 3.63) is 54.9 Å². The first kappa shape index (κ1) is 19.5. The second kappa shape index (κ2) is 8.28. The van der Waals surface area contributed by atoms with Gasteiger partial charge in [-0.2, -0.15) is 0 Å². The SMILES string of the molecule is COCCS(=O)c1sc2cc(-c3cnc(N)nc3)cc(-c3ccccc3)c2c1N. The van der Waals surface area contributed by atoms with Gasteiger partial charge in [0.1, 0.15) is 4.21 Å². The number of fused-ring (bicyclic) bond motifs is 1. The number of aromatic nitrogens is 2. The van der Waals surface area contributed by atoms with Gasteiger partial charge in [0.2, 0.25) is 5.95 Å². The molecule has 0 saturated carbocycles. The quantitative estimate of drug-likeness (QED) is 0.486. The number of benzene rings is 2. The van der Waals surface area contributed by atoms with Gasteiger partial charge in [0.05, 0.1) is 28.8 Å². The fourth-order valence-corrected chi connectivity index (χ4v) is 5.81. The van der Waals surface area contributed by atoms with Crippen molar-refractivity contribution in [1.29, 1.82) is 0 Å². The largest absolute Gasteiger partial charge is 0.397 e. The number of hydrogen-bond acceptors (Lipinski definition) is 7. The summed E-state index contributed by atoms with van der Waals surface area (Å²) in [5, 5.41) is 0.919. The van der Waals surface area contributed by atoms with Gasteiger partial charge in [-0.1, -0.05) is 30.3 Å². The zero-order valence-electron chi connectivity index (χ0n) is 15.8. The third-order valence-corrected chi connectivity index (χ3v) is 7.49. The summed E-state index contributed by atoms with van der Waals surface area (Å²) in [6, 6.07) is 14.1. The molecule has 0 spiro atoms. The predicted molar refractivity (Wildman–Crippen MR) is 120 cm³/mol. The van der Waals surface area contributed by atoms with Crippen LogP contribution in [0.25, 0.3) is 32.3 Å². The smallest absolute Gasteiger partial charge is 0.219 e. The van der Waals surface area contributed by atoms with Crippen molar-refractivity contribution in [1.82, 2.24) is 9.97 Å². The maximum atomic E-state index is 12.8. The van der Waals surface area contributed by atoms with E-state index in [0.717, 1.165) is 32.3 Å². The van der Waals surface area contributed by atoms with E-state index in [-0.39, 0.29) is 5.95 Å². The molecule has 0 amide bonds. The number of rotatable bonds is 6. The molecule has 0 aliphatic heterocycles. The van der Waals surface area contributed by atoms with Gasteiger partial charge in [-0.25, -0.2) is 9.97 Å². The Morgan fingerprint density at radius 1 is 1.03 bits per heavy atom. The van der Waals surface area contributed by atoms with E-state index in [2.05, 4.69) is 16.0 Å². The van der Waals surface area contributed by atoms with E-state index >= 15 is 0 Å². The highest BCUT2D eigenvalue weighted by molar-refractivity contribution is 7.87. The van der Waals surface area contributed by atoms with E-state index in [1.807, 2.05) is 36.4 Å². The molecule has 8 heteroatoms. The number of ether oxygens (including phenoxy) is 1. The van der Waals surface area contributed by atoms with Crippen molar-refractivity contribution >= 4 is 43.9 Å². The third-order valence-electron chi connectivity index (χ3n) is 4.56. The van der Waals surface area contributed by atoms with Crippen LogP contribution >= 0.6 is 11.3 Å². The van der Waals surface area contributed by atoms with E-state index in [1.165, 1.54) is 11.3 Å². The van der Waals surface area contributed by atoms with Crippen LogP contribution in [-0.2, 0) is 15.5 Å². The Balaban J connectivity index is 1.94. The van der Waals surface area contributed by atoms with Crippen LogP contribution in [-0.4, -0.2) is 33.6 Å². The van der Waals surface area contributed by atoms with Crippen LogP contribution in [0.4, 0.5) is 11.6 Å². The summed E-state index contributed by atoms with van der Waals surface area (Å²) in [6.07, 6.45) is 3.40. The minimum Gasteiger partial charge on any atom is -0.397 e. The van der Waals surface area contributed by atoms with Gasteiger partial charge in [-0.3, -0.25) is 4.21 Å². The fourth-order valence-electron chi connectivity index (χ4n) is 3.15. The number of hydrogen-bond donors (Lipinski definition) is 2. The Labute approximate surface area is 175 Å². The molecule has 148 valence electrons. The van der Waals surface area contributed by atoms with Crippen LogP contribution in [0.15, 0.2) is 59.1 Å². The van der Waals surface area contributed by atoms with Crippen molar-refractivity contribution < 1.29 is 8.95 Å². The van der Waals surface area contributed by atoms with Gasteiger partial charge in [-0.05, 0) is 28.8 Å². The van der Waals surface area contributed by atoms with Crippen molar-refractivity contribution in [2.75, 3.05) is 30.9 Å². The predicted octanol–water partition coefficient (Wildman–Crippen LogP) is 3.94. The Bertz CT molecular complexity index is 1170. The van der Waals surface area contributed by atoms with Crippen molar-refractivity contribution in [2.24, 2.45) is 0 Å². The minimum atomic E-state index is -1.22. The van der Waals surface area contributed by atoms with Crippen LogP contribution in [0, 0.1) is 0 Å². The van der Waals surface area contributed by atoms with E-state index in [4.69, 9.17) is 16.2 Å². The Hall–Kier alpha value is -2.81. The Kier molecular flexibility index (Phi) is 5.57. The number of nitrogens with two attached hydrogens (primary N) is 2. The summed E-state index contributed by atoms with van der Waals surface area (Å²) in [4.78, 5) is 8.21. The maximum absolute atomic E-state index is 12.8. The van der Waals surface area contributed by atoms with Crippen LogP contribution in [0.1, 0.15) is 0 Å². The maximum Gasteiger partial charge on any atom is 0.219 e. The van der Waals surface area contributed by atoms with Gasteiger partial charge < -0.3 is 16.2 Å². The van der Waals surface area contributed by atoms with Crippen LogP contribution in [0.3, 0.4) is 0 Å². The zero-order chi connectivity index (χ0) is 20.4. The first-order valence-corrected chi connectivity index (χ1v) is 11.1. The minimum absolute atomic E-state index is 0.231. The normalized spacial score (nSPS) is 12.3. The number of nitrogens with zero attached hydrogens (tertiary/aromatic N) is 2. The number of anilines is 2. The monoisotopic (exact) mass is 424 g/mol. The number of thiophene rings is 1. The third kappa shape index (κ3) is 3.87. The molecule has 2 heterocycles. The average molecular weight is 425 g/mol. The lowest BCUT2D eigenvalue weighted by Gasteiger charge is -2.09. The van der Waals surface area contributed by atoms with Gasteiger partial charge >= 0.3 is 0 Å². The first-order valence-electron chi connectivity index (χ1n) is 8.95. The lowest BCUT2D eigenvalue weighted by molar-refractivity contribution is 0.218. The van der Waals surface area contributed by atoms with E-state index in [9.17, 15) is 4.21 Å². The van der Waals surface area contributed by atoms with E-state index in [1.54, 1.807) is 19.5 Å². The molecule has 4 N–H and O–H groups in total. The molecule has 29 heavy (non-hydrogen) atoms. The van der Waals surface area contributed by atoms with Crippen LogP contribution in [0.5, 0.6) is 0 Å². The fraction of sp³-hybridized carbons (Fsp3) is 0.143. The molecule has 2 aromatic heterocycles. The molecule has 1 atom stereocenters. The summed E-state index contributed by atoms with van der Waals surface area (Å²) in [5.74, 6) is 0.640. The molecule has 0 aliphatic carbocycles. The topological polar surface area (TPSA) is 104 Å². The molecule has 0 radical (unpaired) electrons. The molecule has 0 aliphatic rings. The molecule has 0 bridgehead atoms. The Morgan fingerprint density at radius 2 is 1.76 bits per heavy atom. The van der Waals surface area contributed by atoms with Gasteiger partial charge in [0.15, 0.2) is 0 Å². The summed E-state index contributed by atoms with van der Waals surface area (Å²) in [7, 11) is 0.378. The molecule has 6 nitrogen and oxygen atoms in total. The van der Waals surface area contributed by atoms with Gasteiger partial charge in [0.25, 0.3) is 0 Å². The van der Waals surface area contributed by atoms with Crippen molar-refractivity contribution in [3.63, 3.8) is 0 Å². The molecule has 1 unspecified atom stereocenters. The molecule has 0 fully saturated rings. The van der Waals surface area contributed by atoms with Crippen molar-refractivity contribution in [3.8, 4) is 22.3 Å². The summed E-state index contributed by atoms with van der Waals surface area (Å²) in [5.41, 5.74) is 16.5. The second-order valence-corrected chi connectivity index (χ2v) is 9.26. The summed E-state index contributed by atoms with van der Waals surface area (Å²) >= 11 is 1.46. The van der Waals surface area contributed by atoms with Crippen LogP contribution in [0.2, 0.25) is 0 Å². The first-order chi connectivity index (χ1) is 14.1. The lowest BCUT2D eigenvalue weighted by atomic mass is 9.97. The molecule has 2 aromatic carbocycles. The highest BCUT2D eigenvalue weighted by Gasteiger charge is 2.20. The highest BCUT2D eigenvalue weighted by atomic mass is 32.2.